The first-order valence-corrected chi connectivity index (χ1v) is 16.7. The zero-order valence-electron chi connectivity index (χ0n) is 23.3. The van der Waals surface area contributed by atoms with Gasteiger partial charge in [-0.05, 0) is 41.0 Å². The van der Waals surface area contributed by atoms with Crippen molar-refractivity contribution in [1.82, 2.24) is 0 Å². The van der Waals surface area contributed by atoms with E-state index >= 15 is 0 Å². The minimum absolute atomic E-state index is 0.0124. The molecule has 0 unspecified atom stereocenters. The van der Waals surface area contributed by atoms with Crippen LogP contribution in [0.4, 0.5) is 11.4 Å². The van der Waals surface area contributed by atoms with Crippen molar-refractivity contribution in [2.75, 3.05) is 4.72 Å². The average molecular weight is 641 g/mol. The molecule has 6 aromatic rings. The summed E-state index contributed by atoms with van der Waals surface area (Å²) < 4.78 is 49.6. The Hall–Kier alpha value is -5.06. The van der Waals surface area contributed by atoms with Gasteiger partial charge in [0.2, 0.25) is 0 Å². The standard InChI is InChI=1S/C33H25N2O8PS/c36-35(37)28-21-19-27(20-22-28)34-45(41,42)32-29-13-7-8-14-30(29)43-31(32)23-15-17-26(18-16-23)33(44(38,39)40,24-9-3-1-4-10-24)25-11-5-2-6-12-25/h1-22,34H,(H2,38,39,40). The van der Waals surface area contributed by atoms with Crippen molar-refractivity contribution >= 4 is 40.0 Å². The Kier molecular flexibility index (Phi) is 7.64. The van der Waals surface area contributed by atoms with Crippen molar-refractivity contribution in [3.05, 3.63) is 160 Å². The maximum absolute atomic E-state index is 13.8. The zero-order chi connectivity index (χ0) is 31.8. The van der Waals surface area contributed by atoms with Gasteiger partial charge < -0.3 is 14.2 Å². The lowest BCUT2D eigenvalue weighted by Gasteiger charge is -2.36. The van der Waals surface area contributed by atoms with Crippen LogP contribution in [0, 0.1) is 10.1 Å². The predicted molar refractivity (Wildman–Crippen MR) is 170 cm³/mol. The highest BCUT2D eigenvalue weighted by Gasteiger charge is 2.51. The SMILES string of the molecule is O=[N+]([O-])c1ccc(NS(=O)(=O)c2c(-c3ccc(C(c4ccccc4)(c4ccccc4)P(=O)(O)O)cc3)oc3ccccc23)cc1. The molecule has 0 saturated heterocycles. The molecule has 3 N–H and O–H groups in total. The van der Waals surface area contributed by atoms with Gasteiger partial charge in [-0.1, -0.05) is 97.1 Å². The minimum atomic E-state index is -4.94. The van der Waals surface area contributed by atoms with E-state index in [1.807, 2.05) is 0 Å². The molecule has 0 aliphatic rings. The van der Waals surface area contributed by atoms with Crippen molar-refractivity contribution < 1.29 is 32.1 Å². The Labute approximate surface area is 258 Å². The van der Waals surface area contributed by atoms with E-state index in [1.165, 1.54) is 24.3 Å². The van der Waals surface area contributed by atoms with Gasteiger partial charge in [-0.25, -0.2) is 8.42 Å². The Morgan fingerprint density at radius 1 is 0.711 bits per heavy atom. The molecule has 45 heavy (non-hydrogen) atoms. The molecule has 12 heteroatoms. The second-order valence-corrected chi connectivity index (χ2v) is 13.6. The summed E-state index contributed by atoms with van der Waals surface area (Å²) in [5.74, 6) is 0.0124. The molecular weight excluding hydrogens is 615 g/mol. The largest absolute Gasteiger partial charge is 0.455 e. The highest BCUT2D eigenvalue weighted by molar-refractivity contribution is 7.93. The molecule has 0 fully saturated rings. The predicted octanol–water partition coefficient (Wildman–Crippen LogP) is 7.28. The van der Waals surface area contributed by atoms with Crippen LogP contribution in [0.1, 0.15) is 16.7 Å². The molecule has 0 amide bonds. The normalized spacial score (nSPS) is 12.2. The van der Waals surface area contributed by atoms with E-state index in [2.05, 4.69) is 4.72 Å². The molecule has 0 bridgehead atoms. The third-order valence-corrected chi connectivity index (χ3v) is 10.6. The second-order valence-electron chi connectivity index (χ2n) is 10.2. The first-order chi connectivity index (χ1) is 21.5. The van der Waals surface area contributed by atoms with E-state index < -0.39 is 27.7 Å². The monoisotopic (exact) mass is 640 g/mol. The number of anilines is 1. The number of nitrogens with one attached hydrogen (secondary N) is 1. The van der Waals surface area contributed by atoms with Gasteiger partial charge in [0.05, 0.1) is 4.92 Å². The summed E-state index contributed by atoms with van der Waals surface area (Å²) in [5.41, 5.74) is 1.64. The van der Waals surface area contributed by atoms with Gasteiger partial charge >= 0.3 is 7.60 Å². The number of nitro groups is 1. The second kappa shape index (κ2) is 11.5. The highest BCUT2D eigenvalue weighted by Crippen LogP contribution is 2.64. The van der Waals surface area contributed by atoms with Crippen LogP contribution in [0.2, 0.25) is 0 Å². The molecule has 0 aliphatic heterocycles. The summed E-state index contributed by atoms with van der Waals surface area (Å²) in [6, 6.07) is 34.8. The lowest BCUT2D eigenvalue weighted by molar-refractivity contribution is -0.384. The topological polar surface area (TPSA) is 160 Å². The number of nitrogens with zero attached hydrogens (tertiary/aromatic N) is 1. The van der Waals surface area contributed by atoms with Crippen molar-refractivity contribution in [2.24, 2.45) is 0 Å². The van der Waals surface area contributed by atoms with Gasteiger partial charge in [0.25, 0.3) is 15.7 Å². The summed E-state index contributed by atoms with van der Waals surface area (Å²) in [5, 5.41) is 9.50. The van der Waals surface area contributed by atoms with Crippen LogP contribution in [0.3, 0.4) is 0 Å². The molecule has 1 aromatic heterocycles. The number of sulfonamides is 1. The quantitative estimate of drug-likeness (QED) is 0.0643. The fraction of sp³-hybridized carbons (Fsp3) is 0.0303. The van der Waals surface area contributed by atoms with E-state index in [-0.39, 0.29) is 22.0 Å². The van der Waals surface area contributed by atoms with Gasteiger partial charge in [0, 0.05) is 28.8 Å². The number of hydrogen-bond donors (Lipinski definition) is 3. The fourth-order valence-electron chi connectivity index (χ4n) is 5.56. The zero-order valence-corrected chi connectivity index (χ0v) is 25.1. The number of benzene rings is 5. The van der Waals surface area contributed by atoms with E-state index in [0.29, 0.717) is 33.2 Å². The van der Waals surface area contributed by atoms with E-state index in [9.17, 15) is 32.9 Å². The van der Waals surface area contributed by atoms with Crippen molar-refractivity contribution in [2.45, 2.75) is 10.1 Å². The highest BCUT2D eigenvalue weighted by atomic mass is 32.2. The maximum Gasteiger partial charge on any atom is 0.344 e. The molecule has 10 nitrogen and oxygen atoms in total. The number of nitro benzene ring substituents is 1. The van der Waals surface area contributed by atoms with Gasteiger partial charge in [0.1, 0.15) is 15.6 Å². The number of hydrogen-bond acceptors (Lipinski definition) is 6. The minimum Gasteiger partial charge on any atom is -0.455 e. The Balaban J connectivity index is 1.50. The molecule has 1 heterocycles. The van der Waals surface area contributed by atoms with E-state index in [4.69, 9.17) is 4.42 Å². The lowest BCUT2D eigenvalue weighted by Crippen LogP contribution is -2.29. The van der Waals surface area contributed by atoms with Crippen LogP contribution in [0.15, 0.2) is 143 Å². The summed E-state index contributed by atoms with van der Waals surface area (Å²) >= 11 is 0. The Morgan fingerprint density at radius 3 is 1.76 bits per heavy atom. The van der Waals surface area contributed by atoms with Crippen molar-refractivity contribution in [1.29, 1.82) is 0 Å². The van der Waals surface area contributed by atoms with Crippen LogP contribution >= 0.6 is 7.60 Å². The average Bonchev–Trinajstić information content (AvgIpc) is 3.43. The Bertz CT molecular complexity index is 2120. The molecule has 0 spiro atoms. The summed E-state index contributed by atoms with van der Waals surface area (Å²) in [6.45, 7) is 0. The van der Waals surface area contributed by atoms with Crippen LogP contribution in [0.25, 0.3) is 22.3 Å². The lowest BCUT2D eigenvalue weighted by atomic mass is 9.83. The van der Waals surface area contributed by atoms with Crippen LogP contribution < -0.4 is 4.72 Å². The van der Waals surface area contributed by atoms with Gasteiger partial charge in [0.15, 0.2) is 5.76 Å². The van der Waals surface area contributed by atoms with Crippen molar-refractivity contribution in [3.63, 3.8) is 0 Å². The third kappa shape index (κ3) is 5.32. The van der Waals surface area contributed by atoms with Crippen LogP contribution in [-0.4, -0.2) is 23.1 Å². The molecule has 0 radical (unpaired) electrons. The maximum atomic E-state index is 13.8. The molecule has 6 rings (SSSR count). The van der Waals surface area contributed by atoms with Gasteiger partial charge in [-0.3, -0.25) is 19.4 Å². The smallest absolute Gasteiger partial charge is 0.344 e. The van der Waals surface area contributed by atoms with Gasteiger partial charge in [-0.15, -0.1) is 0 Å². The van der Waals surface area contributed by atoms with Crippen molar-refractivity contribution in [3.8, 4) is 11.3 Å². The van der Waals surface area contributed by atoms with E-state index in [0.717, 1.165) is 0 Å². The summed E-state index contributed by atoms with van der Waals surface area (Å²) in [6.07, 6.45) is 0. The number of rotatable bonds is 9. The summed E-state index contributed by atoms with van der Waals surface area (Å²) in [4.78, 5) is 32.3. The summed E-state index contributed by atoms with van der Waals surface area (Å²) in [7, 11) is -9.23. The number of fused-ring (bicyclic) bond motifs is 1. The fourth-order valence-corrected chi connectivity index (χ4v) is 8.43. The van der Waals surface area contributed by atoms with Gasteiger partial charge in [-0.2, -0.15) is 0 Å². The molecular formula is C33H25N2O8PS. The number of para-hydroxylation sites is 1. The van der Waals surface area contributed by atoms with Crippen LogP contribution in [-0.2, 0) is 19.7 Å². The van der Waals surface area contributed by atoms with Crippen LogP contribution in [0.5, 0.6) is 0 Å². The number of furan rings is 1. The first-order valence-electron chi connectivity index (χ1n) is 13.6. The third-order valence-electron chi connectivity index (χ3n) is 7.53. The molecule has 0 atom stereocenters. The molecule has 226 valence electrons. The number of non-ortho nitro benzene ring substituents is 1. The Morgan fingerprint density at radius 2 is 1.22 bits per heavy atom. The van der Waals surface area contributed by atoms with E-state index in [1.54, 1.807) is 109 Å². The first kappa shape index (κ1) is 30.0. The molecule has 0 aliphatic carbocycles. The molecule has 0 saturated carbocycles. The molecule has 5 aromatic carbocycles.